The van der Waals surface area contributed by atoms with E-state index in [9.17, 15) is 9.90 Å². The zero-order valence-corrected chi connectivity index (χ0v) is 16.6. The van der Waals surface area contributed by atoms with Crippen LogP contribution >= 0.6 is 11.3 Å². The van der Waals surface area contributed by atoms with Crippen molar-refractivity contribution in [3.05, 3.63) is 68.8 Å². The monoisotopic (exact) mass is 377 g/mol. The molecule has 0 saturated heterocycles. The number of hydrogen-bond donors (Lipinski definition) is 2. The van der Waals surface area contributed by atoms with Crippen LogP contribution in [-0.4, -0.2) is 10.1 Å². The van der Waals surface area contributed by atoms with Gasteiger partial charge in [-0.2, -0.15) is 0 Å². The summed E-state index contributed by atoms with van der Waals surface area (Å²) in [5, 5.41) is 14.0. The lowest BCUT2D eigenvalue weighted by molar-refractivity contribution is 0.282. The average molecular weight is 378 g/mol. The molecule has 0 aliphatic rings. The van der Waals surface area contributed by atoms with Gasteiger partial charge in [0.2, 0.25) is 0 Å². The Hall–Kier alpha value is -2.43. The fourth-order valence-electron chi connectivity index (χ4n) is 3.84. The minimum atomic E-state index is -0.0505. The van der Waals surface area contributed by atoms with Gasteiger partial charge in [0.25, 0.3) is 5.56 Å². The van der Waals surface area contributed by atoms with E-state index in [0.29, 0.717) is 5.92 Å². The lowest BCUT2D eigenvalue weighted by atomic mass is 9.90. The SMILES string of the molecule is CC[C@H](C)c1ccc(-c2c(CO)cc(C)c3[nH]c(=O)c4sccc4c23)cc1. The van der Waals surface area contributed by atoms with E-state index >= 15 is 0 Å². The molecule has 2 heterocycles. The average Bonchev–Trinajstić information content (AvgIpc) is 3.18. The largest absolute Gasteiger partial charge is 0.392 e. The Bertz CT molecular complexity index is 1190. The van der Waals surface area contributed by atoms with Crippen molar-refractivity contribution in [2.24, 2.45) is 0 Å². The van der Waals surface area contributed by atoms with Gasteiger partial charge < -0.3 is 10.1 Å². The third-order valence-corrected chi connectivity index (χ3v) is 6.45. The van der Waals surface area contributed by atoms with Crippen LogP contribution in [0.1, 0.15) is 42.9 Å². The molecule has 138 valence electrons. The van der Waals surface area contributed by atoms with Gasteiger partial charge in [0.05, 0.1) is 12.1 Å². The quantitative estimate of drug-likeness (QED) is 0.477. The smallest absolute Gasteiger partial charge is 0.266 e. The molecule has 0 aliphatic carbocycles. The van der Waals surface area contributed by atoms with E-state index in [1.54, 1.807) is 0 Å². The molecule has 3 nitrogen and oxygen atoms in total. The number of rotatable bonds is 4. The molecule has 0 bridgehead atoms. The molecule has 4 aromatic rings. The lowest BCUT2D eigenvalue weighted by Gasteiger charge is -2.16. The summed E-state index contributed by atoms with van der Waals surface area (Å²) in [6.45, 7) is 6.37. The van der Waals surface area contributed by atoms with Crippen LogP contribution in [0.3, 0.4) is 0 Å². The van der Waals surface area contributed by atoms with E-state index in [0.717, 1.165) is 49.7 Å². The van der Waals surface area contributed by atoms with Crippen molar-refractivity contribution in [2.75, 3.05) is 0 Å². The number of aromatic nitrogens is 1. The van der Waals surface area contributed by atoms with Gasteiger partial charge in [-0.25, -0.2) is 0 Å². The van der Waals surface area contributed by atoms with Gasteiger partial charge in [-0.3, -0.25) is 4.79 Å². The number of aromatic amines is 1. The van der Waals surface area contributed by atoms with Gasteiger partial charge in [-0.15, -0.1) is 11.3 Å². The summed E-state index contributed by atoms with van der Waals surface area (Å²) < 4.78 is 0.731. The van der Waals surface area contributed by atoms with Crippen molar-refractivity contribution in [2.45, 2.75) is 39.7 Å². The van der Waals surface area contributed by atoms with Crippen LogP contribution in [0.5, 0.6) is 0 Å². The summed E-state index contributed by atoms with van der Waals surface area (Å²) in [5.41, 5.74) is 6.05. The normalized spacial score (nSPS) is 12.7. The molecule has 4 heteroatoms. The Labute approximate surface area is 162 Å². The molecular formula is C23H23NO2S. The number of aliphatic hydroxyl groups is 1. The number of thiophene rings is 1. The first-order valence-electron chi connectivity index (χ1n) is 9.32. The molecule has 27 heavy (non-hydrogen) atoms. The number of aryl methyl sites for hydroxylation is 1. The number of fused-ring (bicyclic) bond motifs is 3. The Kier molecular flexibility index (Phi) is 4.62. The second kappa shape index (κ2) is 6.95. The molecule has 0 radical (unpaired) electrons. The van der Waals surface area contributed by atoms with Gasteiger partial charge in [0, 0.05) is 10.8 Å². The van der Waals surface area contributed by atoms with E-state index in [4.69, 9.17) is 0 Å². The predicted octanol–water partition coefficient (Wildman–Crippen LogP) is 5.72. The summed E-state index contributed by atoms with van der Waals surface area (Å²) in [6.07, 6.45) is 1.10. The number of aliphatic hydroxyl groups excluding tert-OH is 1. The zero-order valence-electron chi connectivity index (χ0n) is 15.8. The number of pyridine rings is 1. The third kappa shape index (κ3) is 2.89. The summed E-state index contributed by atoms with van der Waals surface area (Å²) in [6, 6.07) is 12.6. The molecule has 2 aromatic carbocycles. The number of hydrogen-bond acceptors (Lipinski definition) is 3. The van der Waals surface area contributed by atoms with E-state index in [-0.39, 0.29) is 12.2 Å². The Balaban J connectivity index is 2.08. The maximum absolute atomic E-state index is 12.5. The second-order valence-electron chi connectivity index (χ2n) is 7.18. The minimum absolute atomic E-state index is 0.0377. The van der Waals surface area contributed by atoms with Crippen LogP contribution in [0, 0.1) is 6.92 Å². The Morgan fingerprint density at radius 2 is 1.93 bits per heavy atom. The van der Waals surface area contributed by atoms with Gasteiger partial charge in [0.15, 0.2) is 0 Å². The molecule has 0 spiro atoms. The van der Waals surface area contributed by atoms with Crippen LogP contribution in [0.4, 0.5) is 0 Å². The number of H-pyrrole nitrogens is 1. The van der Waals surface area contributed by atoms with E-state index in [1.807, 2.05) is 24.4 Å². The van der Waals surface area contributed by atoms with Crippen molar-refractivity contribution < 1.29 is 5.11 Å². The fourth-order valence-corrected chi connectivity index (χ4v) is 4.63. The maximum Gasteiger partial charge on any atom is 0.266 e. The van der Waals surface area contributed by atoms with Gasteiger partial charge in [-0.05, 0) is 58.5 Å². The van der Waals surface area contributed by atoms with Crippen molar-refractivity contribution in [1.82, 2.24) is 4.98 Å². The highest BCUT2D eigenvalue weighted by Crippen LogP contribution is 2.38. The Morgan fingerprint density at radius 3 is 2.59 bits per heavy atom. The first-order valence-corrected chi connectivity index (χ1v) is 10.2. The van der Waals surface area contributed by atoms with Gasteiger partial charge in [-0.1, -0.05) is 44.2 Å². The number of nitrogens with one attached hydrogen (secondary N) is 1. The molecular weight excluding hydrogens is 354 g/mol. The number of benzene rings is 2. The van der Waals surface area contributed by atoms with E-state index < -0.39 is 0 Å². The molecule has 0 unspecified atom stereocenters. The minimum Gasteiger partial charge on any atom is -0.392 e. The fraction of sp³-hybridized carbons (Fsp3) is 0.261. The van der Waals surface area contributed by atoms with E-state index in [1.165, 1.54) is 16.9 Å². The molecule has 0 aliphatic heterocycles. The van der Waals surface area contributed by atoms with Crippen LogP contribution in [0.2, 0.25) is 0 Å². The van der Waals surface area contributed by atoms with Crippen LogP contribution in [0.25, 0.3) is 32.1 Å². The molecule has 2 N–H and O–H groups in total. The highest BCUT2D eigenvalue weighted by Gasteiger charge is 2.17. The van der Waals surface area contributed by atoms with Crippen molar-refractivity contribution >= 4 is 32.3 Å². The third-order valence-electron chi connectivity index (χ3n) is 5.54. The van der Waals surface area contributed by atoms with Crippen molar-refractivity contribution in [1.29, 1.82) is 0 Å². The Morgan fingerprint density at radius 1 is 1.19 bits per heavy atom. The molecule has 4 rings (SSSR count). The molecule has 2 aromatic heterocycles. The maximum atomic E-state index is 12.5. The topological polar surface area (TPSA) is 53.1 Å². The predicted molar refractivity (Wildman–Crippen MR) is 115 cm³/mol. The highest BCUT2D eigenvalue weighted by molar-refractivity contribution is 7.17. The summed E-state index contributed by atoms with van der Waals surface area (Å²) in [7, 11) is 0. The lowest BCUT2D eigenvalue weighted by Crippen LogP contribution is -2.07. The van der Waals surface area contributed by atoms with E-state index in [2.05, 4.69) is 43.1 Å². The zero-order chi connectivity index (χ0) is 19.1. The first-order chi connectivity index (χ1) is 13.0. The van der Waals surface area contributed by atoms with Crippen molar-refractivity contribution in [3.8, 4) is 11.1 Å². The van der Waals surface area contributed by atoms with Gasteiger partial charge >= 0.3 is 0 Å². The highest BCUT2D eigenvalue weighted by atomic mass is 32.1. The molecule has 1 atom stereocenters. The molecule has 0 amide bonds. The van der Waals surface area contributed by atoms with Gasteiger partial charge in [0.1, 0.15) is 4.70 Å². The summed E-state index contributed by atoms with van der Waals surface area (Å²) in [5.74, 6) is 0.519. The molecule has 0 fully saturated rings. The first kappa shape index (κ1) is 18.0. The summed E-state index contributed by atoms with van der Waals surface area (Å²) >= 11 is 1.46. The van der Waals surface area contributed by atoms with Crippen molar-refractivity contribution in [3.63, 3.8) is 0 Å². The van der Waals surface area contributed by atoms with Crippen LogP contribution in [-0.2, 0) is 6.61 Å². The van der Waals surface area contributed by atoms with Crippen LogP contribution < -0.4 is 5.56 Å². The van der Waals surface area contributed by atoms with Crippen LogP contribution in [0.15, 0.2) is 46.6 Å². The second-order valence-corrected chi connectivity index (χ2v) is 8.10. The summed E-state index contributed by atoms with van der Waals surface area (Å²) in [4.78, 5) is 15.5. The standard InChI is InChI=1S/C23H23NO2S/c1-4-13(2)15-5-7-16(8-6-15)19-17(12-25)11-14(3)21-20(19)18-9-10-27-22(18)23(26)24-21/h5-11,13,25H,4,12H2,1-3H3,(H,24,26)/t13-/m0/s1. The molecule has 0 saturated carbocycles.